The lowest BCUT2D eigenvalue weighted by molar-refractivity contribution is 0.122. The summed E-state index contributed by atoms with van der Waals surface area (Å²) in [4.78, 5) is 11.4. The average Bonchev–Trinajstić information content (AvgIpc) is 2.57. The Balaban J connectivity index is 2.05. The van der Waals surface area contributed by atoms with Gasteiger partial charge in [0.25, 0.3) is 0 Å². The first-order valence-corrected chi connectivity index (χ1v) is 7.36. The number of hydrogen-bond acceptors (Lipinski definition) is 6. The first-order valence-electron chi connectivity index (χ1n) is 7.36. The van der Waals surface area contributed by atoms with E-state index >= 15 is 0 Å². The number of nitrogen functional groups attached to an aromatic ring is 1. The summed E-state index contributed by atoms with van der Waals surface area (Å²) in [5, 5.41) is 9.60. The van der Waals surface area contributed by atoms with Crippen LogP contribution in [0.4, 0.5) is 11.5 Å². The first-order chi connectivity index (χ1) is 10.7. The minimum Gasteiger partial charge on any atom is -0.399 e. The molecule has 116 valence electrons. The number of morpholine rings is 1. The molecule has 6 nitrogen and oxygen atoms in total. The fourth-order valence-corrected chi connectivity index (χ4v) is 2.55. The van der Waals surface area contributed by atoms with Crippen molar-refractivity contribution in [3.63, 3.8) is 0 Å². The maximum Gasteiger partial charge on any atom is 0.161 e. The molecule has 6 heteroatoms. The molecule has 22 heavy (non-hydrogen) atoms. The Morgan fingerprint density at radius 1 is 1.18 bits per heavy atom. The third-order valence-electron chi connectivity index (χ3n) is 3.85. The lowest BCUT2D eigenvalue weighted by Gasteiger charge is -2.29. The van der Waals surface area contributed by atoms with Gasteiger partial charge < -0.3 is 20.5 Å². The number of rotatable bonds is 3. The molecule has 1 saturated heterocycles. The quantitative estimate of drug-likeness (QED) is 0.833. The van der Waals surface area contributed by atoms with E-state index in [0.29, 0.717) is 30.4 Å². The second-order valence-corrected chi connectivity index (χ2v) is 5.32. The summed E-state index contributed by atoms with van der Waals surface area (Å²) in [5.41, 5.74) is 8.89. The predicted octanol–water partition coefficient (Wildman–Crippen LogP) is 1.36. The summed E-state index contributed by atoms with van der Waals surface area (Å²) in [7, 11) is 0. The van der Waals surface area contributed by atoms with Crippen molar-refractivity contribution >= 4 is 11.5 Å². The maximum absolute atomic E-state index is 9.60. The number of aromatic nitrogens is 2. The number of anilines is 2. The van der Waals surface area contributed by atoms with Crippen molar-refractivity contribution in [2.24, 2.45) is 0 Å². The number of nitrogens with zero attached hydrogens (tertiary/aromatic N) is 3. The molecule has 2 heterocycles. The fourth-order valence-electron chi connectivity index (χ4n) is 2.55. The Morgan fingerprint density at radius 2 is 1.86 bits per heavy atom. The Morgan fingerprint density at radius 3 is 2.50 bits per heavy atom. The standard InChI is InChI=1S/C16H20N4O2/c1-11-14(10-21)18-15(12-2-4-13(17)5-3-12)19-16(11)20-6-8-22-9-7-20/h2-5,21H,6-10,17H2,1H3. The second-order valence-electron chi connectivity index (χ2n) is 5.32. The molecule has 1 aliphatic heterocycles. The summed E-state index contributed by atoms with van der Waals surface area (Å²) in [6, 6.07) is 7.44. The Kier molecular flexibility index (Phi) is 4.22. The van der Waals surface area contributed by atoms with Gasteiger partial charge >= 0.3 is 0 Å². The molecule has 1 aromatic carbocycles. The zero-order valence-corrected chi connectivity index (χ0v) is 12.6. The van der Waals surface area contributed by atoms with Gasteiger partial charge in [0.15, 0.2) is 5.82 Å². The number of nitrogens with two attached hydrogens (primary N) is 1. The normalized spacial score (nSPS) is 15.1. The third kappa shape index (κ3) is 2.88. The van der Waals surface area contributed by atoms with Gasteiger partial charge in [0.05, 0.1) is 25.5 Å². The van der Waals surface area contributed by atoms with Gasteiger partial charge in [-0.2, -0.15) is 0 Å². The molecule has 3 N–H and O–H groups in total. The highest BCUT2D eigenvalue weighted by Gasteiger charge is 2.19. The topological polar surface area (TPSA) is 84.5 Å². The van der Waals surface area contributed by atoms with Crippen LogP contribution in [0.1, 0.15) is 11.3 Å². The van der Waals surface area contributed by atoms with Crippen molar-refractivity contribution in [3.05, 3.63) is 35.5 Å². The number of aliphatic hydroxyl groups excluding tert-OH is 1. The van der Waals surface area contributed by atoms with Crippen LogP contribution in [0, 0.1) is 6.92 Å². The van der Waals surface area contributed by atoms with Gasteiger partial charge in [-0.05, 0) is 31.2 Å². The zero-order chi connectivity index (χ0) is 15.5. The lowest BCUT2D eigenvalue weighted by atomic mass is 10.1. The van der Waals surface area contributed by atoms with Gasteiger partial charge in [-0.15, -0.1) is 0 Å². The summed E-state index contributed by atoms with van der Waals surface area (Å²) in [6.45, 7) is 4.81. The molecule has 0 radical (unpaired) electrons. The van der Waals surface area contributed by atoms with E-state index in [9.17, 15) is 5.11 Å². The highest BCUT2D eigenvalue weighted by Crippen LogP contribution is 2.26. The average molecular weight is 300 g/mol. The Hall–Kier alpha value is -2.18. The molecule has 0 spiro atoms. The molecule has 1 fully saturated rings. The zero-order valence-electron chi connectivity index (χ0n) is 12.6. The van der Waals surface area contributed by atoms with Gasteiger partial charge in [0.1, 0.15) is 5.82 Å². The van der Waals surface area contributed by atoms with E-state index in [1.54, 1.807) is 0 Å². The molecule has 0 unspecified atom stereocenters. The minimum atomic E-state index is -0.104. The van der Waals surface area contributed by atoms with E-state index in [4.69, 9.17) is 15.5 Å². The summed E-state index contributed by atoms with van der Waals surface area (Å²) in [5.74, 6) is 1.48. The minimum absolute atomic E-state index is 0.104. The van der Waals surface area contributed by atoms with Crippen LogP contribution in [0.3, 0.4) is 0 Å². The Labute approximate surface area is 129 Å². The van der Waals surface area contributed by atoms with Crippen molar-refractivity contribution in [1.29, 1.82) is 0 Å². The summed E-state index contributed by atoms with van der Waals surface area (Å²) in [6.07, 6.45) is 0. The summed E-state index contributed by atoms with van der Waals surface area (Å²) < 4.78 is 5.40. The molecule has 0 aliphatic carbocycles. The smallest absolute Gasteiger partial charge is 0.161 e. The van der Waals surface area contributed by atoms with E-state index in [1.165, 1.54) is 0 Å². The van der Waals surface area contributed by atoms with E-state index in [0.717, 1.165) is 30.0 Å². The van der Waals surface area contributed by atoms with Gasteiger partial charge in [0.2, 0.25) is 0 Å². The van der Waals surface area contributed by atoms with Crippen LogP contribution in [0.2, 0.25) is 0 Å². The number of aliphatic hydroxyl groups is 1. The number of hydrogen-bond donors (Lipinski definition) is 2. The van der Waals surface area contributed by atoms with E-state index in [-0.39, 0.29) is 6.61 Å². The SMILES string of the molecule is Cc1c(CO)nc(-c2ccc(N)cc2)nc1N1CCOCC1. The molecule has 3 rings (SSSR count). The highest BCUT2D eigenvalue weighted by atomic mass is 16.5. The molecule has 1 aromatic heterocycles. The van der Waals surface area contributed by atoms with Crippen molar-refractivity contribution in [2.75, 3.05) is 36.9 Å². The maximum atomic E-state index is 9.60. The molecule has 2 aromatic rings. The molecule has 0 bridgehead atoms. The van der Waals surface area contributed by atoms with Crippen LogP contribution >= 0.6 is 0 Å². The van der Waals surface area contributed by atoms with Crippen LogP contribution in [-0.2, 0) is 11.3 Å². The largest absolute Gasteiger partial charge is 0.399 e. The van der Waals surface area contributed by atoms with Crippen LogP contribution in [0.25, 0.3) is 11.4 Å². The van der Waals surface area contributed by atoms with Crippen LogP contribution < -0.4 is 10.6 Å². The van der Waals surface area contributed by atoms with E-state index in [2.05, 4.69) is 9.88 Å². The van der Waals surface area contributed by atoms with Gasteiger partial charge in [0, 0.05) is 29.9 Å². The predicted molar refractivity (Wildman–Crippen MR) is 85.6 cm³/mol. The van der Waals surface area contributed by atoms with Crippen LogP contribution in [-0.4, -0.2) is 41.4 Å². The van der Waals surface area contributed by atoms with Crippen molar-refractivity contribution in [3.8, 4) is 11.4 Å². The van der Waals surface area contributed by atoms with Crippen LogP contribution in [0.15, 0.2) is 24.3 Å². The first kappa shape index (κ1) is 14.7. The van der Waals surface area contributed by atoms with Gasteiger partial charge in [-0.3, -0.25) is 0 Å². The molecule has 0 saturated carbocycles. The van der Waals surface area contributed by atoms with Crippen molar-refractivity contribution in [2.45, 2.75) is 13.5 Å². The number of benzene rings is 1. The third-order valence-corrected chi connectivity index (χ3v) is 3.85. The highest BCUT2D eigenvalue weighted by molar-refractivity contribution is 5.62. The lowest BCUT2D eigenvalue weighted by Crippen LogP contribution is -2.37. The van der Waals surface area contributed by atoms with Crippen molar-refractivity contribution < 1.29 is 9.84 Å². The Bertz CT molecular complexity index is 652. The molecule has 0 amide bonds. The fraction of sp³-hybridized carbons (Fsp3) is 0.375. The molecule has 1 aliphatic rings. The molecule has 0 atom stereocenters. The molecular weight excluding hydrogens is 280 g/mol. The summed E-state index contributed by atoms with van der Waals surface area (Å²) >= 11 is 0. The number of ether oxygens (including phenoxy) is 1. The van der Waals surface area contributed by atoms with Gasteiger partial charge in [-0.25, -0.2) is 9.97 Å². The van der Waals surface area contributed by atoms with Gasteiger partial charge in [-0.1, -0.05) is 0 Å². The van der Waals surface area contributed by atoms with Crippen LogP contribution in [0.5, 0.6) is 0 Å². The monoisotopic (exact) mass is 300 g/mol. The van der Waals surface area contributed by atoms with Crippen molar-refractivity contribution in [1.82, 2.24) is 9.97 Å². The van der Waals surface area contributed by atoms with E-state index < -0.39 is 0 Å². The van der Waals surface area contributed by atoms with E-state index in [1.807, 2.05) is 31.2 Å². The molecular formula is C16H20N4O2. The second kappa shape index (κ2) is 6.29.